The Hall–Kier alpha value is -2.89. The molecule has 0 aromatic heterocycles. The van der Waals surface area contributed by atoms with Crippen molar-refractivity contribution < 1.29 is 14.4 Å². The number of hydrogen-bond donors (Lipinski definition) is 1. The number of amides is 3. The molecule has 1 N–H and O–H groups in total. The number of carbonyl (C=O) groups is 3. The fraction of sp³-hybridized carbons (Fsp3) is 0.381. The Labute approximate surface area is 158 Å². The van der Waals surface area contributed by atoms with E-state index in [1.54, 1.807) is 9.80 Å². The van der Waals surface area contributed by atoms with Crippen molar-refractivity contribution in [1.29, 1.82) is 0 Å². The van der Waals surface area contributed by atoms with Crippen LogP contribution in [-0.4, -0.2) is 60.2 Å². The molecule has 0 saturated carbocycles. The van der Waals surface area contributed by atoms with Gasteiger partial charge in [0.1, 0.15) is 0 Å². The smallest absolute Gasteiger partial charge is 0.254 e. The number of nitrogens with one attached hydrogen (secondary N) is 1. The standard InChI is InChI=1S/C21H23N3O3/c25-19-14-24(12-10-22-19)20(26)16-7-4-11-23(13-16)21(27)18-9-3-6-15-5-1-2-8-17(15)18/h1-3,5-6,8-9,16H,4,7,10-14H2,(H,22,25)/t16-/m1/s1. The average Bonchev–Trinajstić information content (AvgIpc) is 2.72. The van der Waals surface area contributed by atoms with Crippen LogP contribution in [0, 0.1) is 5.92 Å². The Kier molecular flexibility index (Phi) is 4.79. The third-order valence-corrected chi connectivity index (χ3v) is 5.43. The molecule has 0 aliphatic carbocycles. The second-order valence-electron chi connectivity index (χ2n) is 7.23. The van der Waals surface area contributed by atoms with E-state index in [4.69, 9.17) is 0 Å². The number of benzene rings is 2. The fourth-order valence-corrected chi connectivity index (χ4v) is 4.03. The summed E-state index contributed by atoms with van der Waals surface area (Å²) in [5.74, 6) is -0.390. The number of hydrogen-bond acceptors (Lipinski definition) is 3. The number of nitrogens with zero attached hydrogens (tertiary/aromatic N) is 2. The van der Waals surface area contributed by atoms with Crippen LogP contribution < -0.4 is 5.32 Å². The lowest BCUT2D eigenvalue weighted by Crippen LogP contribution is -2.54. The van der Waals surface area contributed by atoms with Crippen molar-refractivity contribution in [3.05, 3.63) is 48.0 Å². The predicted molar refractivity (Wildman–Crippen MR) is 102 cm³/mol. The zero-order valence-electron chi connectivity index (χ0n) is 15.2. The van der Waals surface area contributed by atoms with Crippen LogP contribution in [0.25, 0.3) is 10.8 Å². The van der Waals surface area contributed by atoms with Gasteiger partial charge in [0.15, 0.2) is 0 Å². The van der Waals surface area contributed by atoms with Gasteiger partial charge in [-0.25, -0.2) is 0 Å². The van der Waals surface area contributed by atoms with Gasteiger partial charge in [-0.3, -0.25) is 14.4 Å². The van der Waals surface area contributed by atoms with E-state index in [1.165, 1.54) is 0 Å². The molecule has 6 heteroatoms. The number of fused-ring (bicyclic) bond motifs is 1. The Morgan fingerprint density at radius 2 is 1.81 bits per heavy atom. The molecule has 0 spiro atoms. The van der Waals surface area contributed by atoms with Crippen molar-refractivity contribution in [2.45, 2.75) is 12.8 Å². The summed E-state index contributed by atoms with van der Waals surface area (Å²) in [5, 5.41) is 4.71. The summed E-state index contributed by atoms with van der Waals surface area (Å²) in [6, 6.07) is 13.6. The molecular formula is C21H23N3O3. The summed E-state index contributed by atoms with van der Waals surface area (Å²) in [7, 11) is 0. The molecule has 6 nitrogen and oxygen atoms in total. The molecule has 2 aliphatic rings. The molecule has 0 bridgehead atoms. The van der Waals surface area contributed by atoms with E-state index in [9.17, 15) is 14.4 Å². The topological polar surface area (TPSA) is 69.7 Å². The largest absolute Gasteiger partial charge is 0.353 e. The normalized spacial score (nSPS) is 20.4. The number of likely N-dealkylation sites (tertiary alicyclic amines) is 1. The van der Waals surface area contributed by atoms with E-state index in [0.29, 0.717) is 31.7 Å². The number of piperazine rings is 1. The zero-order valence-corrected chi connectivity index (χ0v) is 15.2. The van der Waals surface area contributed by atoms with Crippen LogP contribution in [0.1, 0.15) is 23.2 Å². The van der Waals surface area contributed by atoms with Crippen LogP contribution >= 0.6 is 0 Å². The van der Waals surface area contributed by atoms with Gasteiger partial charge in [-0.1, -0.05) is 36.4 Å². The van der Waals surface area contributed by atoms with Crippen molar-refractivity contribution in [1.82, 2.24) is 15.1 Å². The maximum Gasteiger partial charge on any atom is 0.254 e. The summed E-state index contributed by atoms with van der Waals surface area (Å²) in [5.41, 5.74) is 0.679. The van der Waals surface area contributed by atoms with Gasteiger partial charge in [-0.05, 0) is 29.7 Å². The lowest BCUT2D eigenvalue weighted by atomic mass is 9.95. The van der Waals surface area contributed by atoms with Crippen LogP contribution in [0.3, 0.4) is 0 Å². The third kappa shape index (κ3) is 3.52. The highest BCUT2D eigenvalue weighted by molar-refractivity contribution is 6.07. The van der Waals surface area contributed by atoms with Crippen molar-refractivity contribution in [3.8, 4) is 0 Å². The second-order valence-corrected chi connectivity index (χ2v) is 7.23. The Balaban J connectivity index is 1.51. The van der Waals surface area contributed by atoms with E-state index in [2.05, 4.69) is 5.32 Å². The van der Waals surface area contributed by atoms with Gasteiger partial charge in [-0.2, -0.15) is 0 Å². The monoisotopic (exact) mass is 365 g/mol. The summed E-state index contributed by atoms with van der Waals surface area (Å²) in [6.07, 6.45) is 1.56. The van der Waals surface area contributed by atoms with Gasteiger partial charge in [0.2, 0.25) is 11.8 Å². The van der Waals surface area contributed by atoms with Gasteiger partial charge in [0, 0.05) is 31.7 Å². The minimum atomic E-state index is -0.233. The van der Waals surface area contributed by atoms with Gasteiger partial charge in [-0.15, -0.1) is 0 Å². The number of rotatable bonds is 2. The van der Waals surface area contributed by atoms with Crippen LogP contribution in [0.4, 0.5) is 0 Å². The van der Waals surface area contributed by atoms with Crippen LogP contribution in [0.15, 0.2) is 42.5 Å². The summed E-state index contributed by atoms with van der Waals surface area (Å²) < 4.78 is 0. The lowest BCUT2D eigenvalue weighted by Gasteiger charge is -2.36. The molecule has 2 fully saturated rings. The number of piperidine rings is 1. The van der Waals surface area contributed by atoms with E-state index >= 15 is 0 Å². The molecule has 140 valence electrons. The molecule has 0 unspecified atom stereocenters. The molecule has 2 aliphatic heterocycles. The second kappa shape index (κ2) is 7.39. The summed E-state index contributed by atoms with van der Waals surface area (Å²) in [4.78, 5) is 41.0. The van der Waals surface area contributed by atoms with E-state index in [1.807, 2.05) is 42.5 Å². The van der Waals surface area contributed by atoms with Gasteiger partial charge < -0.3 is 15.1 Å². The van der Waals surface area contributed by atoms with E-state index in [0.717, 1.165) is 23.6 Å². The Bertz CT molecular complexity index is 890. The first-order valence-corrected chi connectivity index (χ1v) is 9.46. The third-order valence-electron chi connectivity index (χ3n) is 5.43. The summed E-state index contributed by atoms with van der Waals surface area (Å²) in [6.45, 7) is 2.23. The highest BCUT2D eigenvalue weighted by Gasteiger charge is 2.33. The first-order chi connectivity index (χ1) is 13.1. The highest BCUT2D eigenvalue weighted by atomic mass is 16.2. The predicted octanol–water partition coefficient (Wildman–Crippen LogP) is 1.65. The van der Waals surface area contributed by atoms with Crippen LogP contribution in [0.5, 0.6) is 0 Å². The van der Waals surface area contributed by atoms with Crippen molar-refractivity contribution in [2.24, 2.45) is 5.92 Å². The lowest BCUT2D eigenvalue weighted by molar-refractivity contribution is -0.142. The van der Waals surface area contributed by atoms with Gasteiger partial charge in [0.05, 0.1) is 12.5 Å². The zero-order chi connectivity index (χ0) is 18.8. The van der Waals surface area contributed by atoms with Crippen LogP contribution in [0.2, 0.25) is 0 Å². The fourth-order valence-electron chi connectivity index (χ4n) is 4.03. The number of carbonyl (C=O) groups excluding carboxylic acids is 3. The SMILES string of the molecule is O=C1CN(C(=O)[C@@H]2CCCN(C(=O)c3cccc4ccccc34)C2)CCN1. The first kappa shape index (κ1) is 17.5. The maximum atomic E-state index is 13.1. The quantitative estimate of drug-likeness (QED) is 0.880. The molecule has 3 amide bonds. The molecule has 0 radical (unpaired) electrons. The minimum absolute atomic E-state index is 0.0136. The van der Waals surface area contributed by atoms with E-state index in [-0.39, 0.29) is 30.2 Å². The molecule has 4 rings (SSSR count). The maximum absolute atomic E-state index is 13.1. The van der Waals surface area contributed by atoms with Crippen molar-refractivity contribution in [3.63, 3.8) is 0 Å². The van der Waals surface area contributed by atoms with E-state index < -0.39 is 0 Å². The molecular weight excluding hydrogens is 342 g/mol. The Morgan fingerprint density at radius 1 is 1.00 bits per heavy atom. The molecule has 2 aromatic carbocycles. The minimum Gasteiger partial charge on any atom is -0.353 e. The van der Waals surface area contributed by atoms with Crippen molar-refractivity contribution in [2.75, 3.05) is 32.7 Å². The average molecular weight is 365 g/mol. The van der Waals surface area contributed by atoms with Gasteiger partial charge >= 0.3 is 0 Å². The highest BCUT2D eigenvalue weighted by Crippen LogP contribution is 2.24. The molecule has 1 atom stereocenters. The Morgan fingerprint density at radius 3 is 2.67 bits per heavy atom. The van der Waals surface area contributed by atoms with Crippen molar-refractivity contribution >= 4 is 28.5 Å². The molecule has 2 aromatic rings. The molecule has 2 heterocycles. The molecule has 2 saturated heterocycles. The summed E-state index contributed by atoms with van der Waals surface area (Å²) >= 11 is 0. The first-order valence-electron chi connectivity index (χ1n) is 9.46. The van der Waals surface area contributed by atoms with Gasteiger partial charge in [0.25, 0.3) is 5.91 Å². The van der Waals surface area contributed by atoms with Crippen LogP contribution in [-0.2, 0) is 9.59 Å². The molecule has 27 heavy (non-hydrogen) atoms.